The van der Waals surface area contributed by atoms with Gasteiger partial charge in [-0.1, -0.05) is 46.6 Å². The van der Waals surface area contributed by atoms with Gasteiger partial charge in [-0.05, 0) is 56.0 Å². The number of carbonyl (C=O) groups is 1. The van der Waals surface area contributed by atoms with Gasteiger partial charge in [-0.2, -0.15) is 4.98 Å². The Balaban J connectivity index is 1.42. The average Bonchev–Trinajstić information content (AvgIpc) is 3.22. The summed E-state index contributed by atoms with van der Waals surface area (Å²) in [6, 6.07) is 15.0. The molecule has 1 amide bonds. The fourth-order valence-corrected chi connectivity index (χ4v) is 3.88. The van der Waals surface area contributed by atoms with Gasteiger partial charge in [-0.25, -0.2) is 0 Å². The minimum atomic E-state index is -0.178. The first kappa shape index (κ1) is 20.4. The minimum absolute atomic E-state index is 0.0456. The van der Waals surface area contributed by atoms with E-state index in [-0.39, 0.29) is 18.6 Å². The van der Waals surface area contributed by atoms with Crippen LogP contribution in [0.3, 0.4) is 0 Å². The quantitative estimate of drug-likeness (QED) is 0.561. The van der Waals surface area contributed by atoms with Gasteiger partial charge in [0.1, 0.15) is 5.75 Å². The summed E-state index contributed by atoms with van der Waals surface area (Å²) in [6.45, 7) is 2.91. The van der Waals surface area contributed by atoms with Crippen molar-refractivity contribution in [3.63, 3.8) is 0 Å². The smallest absolute Gasteiger partial charge is 0.264 e. The number of benzene rings is 2. The molecule has 0 saturated carbocycles. The number of likely N-dealkylation sites (tertiary alicyclic amines) is 1. The molecule has 1 aliphatic rings. The van der Waals surface area contributed by atoms with Gasteiger partial charge in [-0.15, -0.1) is 0 Å². The Bertz CT molecular complexity index is 1000. The fourth-order valence-electron chi connectivity index (χ4n) is 3.66. The van der Waals surface area contributed by atoms with E-state index >= 15 is 0 Å². The molecular formula is C23H24ClN3O3. The standard InChI is InChI=1S/C23H24ClN3O3/c1-16-8-10-19(11-9-16)29-15-21-25-23(26-30-21)20-7-2-3-12-27(20)22(28)14-17-5-4-6-18(24)13-17/h4-6,8-11,13,20H,2-3,7,12,14-15H2,1H3. The summed E-state index contributed by atoms with van der Waals surface area (Å²) < 4.78 is 11.1. The van der Waals surface area contributed by atoms with Gasteiger partial charge in [0.15, 0.2) is 12.4 Å². The van der Waals surface area contributed by atoms with Gasteiger partial charge >= 0.3 is 0 Å². The molecule has 156 valence electrons. The van der Waals surface area contributed by atoms with Crippen LogP contribution >= 0.6 is 11.6 Å². The number of aryl methyl sites for hydroxylation is 1. The van der Waals surface area contributed by atoms with Crippen LogP contribution in [0.25, 0.3) is 0 Å². The van der Waals surface area contributed by atoms with Crippen LogP contribution in [0.4, 0.5) is 0 Å². The van der Waals surface area contributed by atoms with Gasteiger partial charge < -0.3 is 14.2 Å². The van der Waals surface area contributed by atoms with Crippen molar-refractivity contribution in [3.05, 3.63) is 76.4 Å². The minimum Gasteiger partial charge on any atom is -0.484 e. The zero-order valence-electron chi connectivity index (χ0n) is 16.9. The number of halogens is 1. The molecule has 0 N–H and O–H groups in total. The molecule has 0 bridgehead atoms. The van der Waals surface area contributed by atoms with Gasteiger partial charge in [0, 0.05) is 11.6 Å². The summed E-state index contributed by atoms with van der Waals surface area (Å²) in [7, 11) is 0. The molecule has 1 fully saturated rings. The molecule has 4 rings (SSSR count). The van der Waals surface area contributed by atoms with Crippen molar-refractivity contribution in [1.29, 1.82) is 0 Å². The Morgan fingerprint density at radius 1 is 1.23 bits per heavy atom. The first-order chi connectivity index (χ1) is 14.6. The van der Waals surface area contributed by atoms with Crippen LogP contribution in [-0.2, 0) is 17.8 Å². The molecule has 7 heteroatoms. The van der Waals surface area contributed by atoms with E-state index in [0.29, 0.717) is 29.7 Å². The second kappa shape index (κ2) is 9.30. The van der Waals surface area contributed by atoms with Crippen LogP contribution in [0, 0.1) is 6.92 Å². The van der Waals surface area contributed by atoms with Crippen molar-refractivity contribution in [2.24, 2.45) is 0 Å². The summed E-state index contributed by atoms with van der Waals surface area (Å²) >= 11 is 6.05. The van der Waals surface area contributed by atoms with Crippen molar-refractivity contribution in [2.45, 2.75) is 45.3 Å². The van der Waals surface area contributed by atoms with Gasteiger partial charge in [0.2, 0.25) is 5.91 Å². The first-order valence-electron chi connectivity index (χ1n) is 10.1. The highest BCUT2D eigenvalue weighted by Gasteiger charge is 2.31. The SMILES string of the molecule is Cc1ccc(OCc2nc(C3CCCCN3C(=O)Cc3cccc(Cl)c3)no2)cc1. The fraction of sp³-hybridized carbons (Fsp3) is 0.348. The Hall–Kier alpha value is -2.86. The topological polar surface area (TPSA) is 68.5 Å². The maximum absolute atomic E-state index is 13.0. The van der Waals surface area contributed by atoms with Crippen LogP contribution in [0.5, 0.6) is 5.75 Å². The van der Waals surface area contributed by atoms with E-state index in [9.17, 15) is 4.79 Å². The summed E-state index contributed by atoms with van der Waals surface area (Å²) in [5.74, 6) is 1.73. The second-order valence-corrected chi connectivity index (χ2v) is 7.99. The van der Waals surface area contributed by atoms with Crippen LogP contribution in [-0.4, -0.2) is 27.5 Å². The van der Waals surface area contributed by atoms with E-state index < -0.39 is 0 Å². The van der Waals surface area contributed by atoms with Crippen molar-refractivity contribution in [2.75, 3.05) is 6.54 Å². The second-order valence-electron chi connectivity index (χ2n) is 7.55. The number of amides is 1. The zero-order chi connectivity index (χ0) is 20.9. The lowest BCUT2D eigenvalue weighted by Gasteiger charge is -2.34. The van der Waals surface area contributed by atoms with Gasteiger partial charge in [0.25, 0.3) is 5.89 Å². The Kier molecular flexibility index (Phi) is 6.33. The lowest BCUT2D eigenvalue weighted by Crippen LogP contribution is -2.39. The van der Waals surface area contributed by atoms with E-state index in [1.54, 1.807) is 6.07 Å². The number of aromatic nitrogens is 2. The molecule has 2 aromatic carbocycles. The molecular weight excluding hydrogens is 402 g/mol. The third-order valence-corrected chi connectivity index (χ3v) is 5.47. The maximum atomic E-state index is 13.0. The zero-order valence-corrected chi connectivity index (χ0v) is 17.6. The van der Waals surface area contributed by atoms with E-state index in [1.165, 1.54) is 5.56 Å². The molecule has 1 saturated heterocycles. The number of hydrogen-bond donors (Lipinski definition) is 0. The van der Waals surface area contributed by atoms with Gasteiger partial charge in [0.05, 0.1) is 12.5 Å². The summed E-state index contributed by atoms with van der Waals surface area (Å²) in [4.78, 5) is 19.3. The van der Waals surface area contributed by atoms with Crippen molar-refractivity contribution in [3.8, 4) is 5.75 Å². The summed E-state index contributed by atoms with van der Waals surface area (Å²) in [5.41, 5.74) is 2.07. The number of rotatable bonds is 6. The van der Waals surface area contributed by atoms with E-state index in [2.05, 4.69) is 10.1 Å². The van der Waals surface area contributed by atoms with Crippen LogP contribution in [0.2, 0.25) is 5.02 Å². The molecule has 6 nitrogen and oxygen atoms in total. The first-order valence-corrected chi connectivity index (χ1v) is 10.5. The molecule has 3 aromatic rings. The Morgan fingerprint density at radius 3 is 2.87 bits per heavy atom. The molecule has 1 aliphatic heterocycles. The molecule has 0 radical (unpaired) electrons. The molecule has 1 aromatic heterocycles. The van der Waals surface area contributed by atoms with E-state index in [0.717, 1.165) is 30.6 Å². The molecule has 1 unspecified atom stereocenters. The number of piperidine rings is 1. The third kappa shape index (κ3) is 5.00. The predicted octanol–water partition coefficient (Wildman–Crippen LogP) is 4.91. The number of nitrogens with zero attached hydrogens (tertiary/aromatic N) is 3. The highest BCUT2D eigenvalue weighted by Crippen LogP contribution is 2.30. The third-order valence-electron chi connectivity index (χ3n) is 5.23. The normalized spacial score (nSPS) is 16.5. The van der Waals surface area contributed by atoms with E-state index in [1.807, 2.05) is 54.3 Å². The van der Waals surface area contributed by atoms with Crippen LogP contribution < -0.4 is 4.74 Å². The van der Waals surface area contributed by atoms with E-state index in [4.69, 9.17) is 20.9 Å². The van der Waals surface area contributed by atoms with Crippen LogP contribution in [0.1, 0.15) is 48.1 Å². The molecule has 0 spiro atoms. The maximum Gasteiger partial charge on any atom is 0.264 e. The summed E-state index contributed by atoms with van der Waals surface area (Å²) in [5, 5.41) is 4.77. The van der Waals surface area contributed by atoms with Crippen molar-refractivity contribution in [1.82, 2.24) is 15.0 Å². The number of ether oxygens (including phenoxy) is 1. The predicted molar refractivity (Wildman–Crippen MR) is 113 cm³/mol. The lowest BCUT2D eigenvalue weighted by atomic mass is 10.00. The lowest BCUT2D eigenvalue weighted by molar-refractivity contribution is -0.134. The average molecular weight is 426 g/mol. The Labute approximate surface area is 180 Å². The highest BCUT2D eigenvalue weighted by atomic mass is 35.5. The number of hydrogen-bond acceptors (Lipinski definition) is 5. The molecule has 1 atom stereocenters. The van der Waals surface area contributed by atoms with Crippen molar-refractivity contribution < 1.29 is 14.1 Å². The monoisotopic (exact) mass is 425 g/mol. The summed E-state index contributed by atoms with van der Waals surface area (Å²) in [6.07, 6.45) is 3.12. The molecule has 2 heterocycles. The van der Waals surface area contributed by atoms with Crippen LogP contribution in [0.15, 0.2) is 53.1 Å². The highest BCUT2D eigenvalue weighted by molar-refractivity contribution is 6.30. The van der Waals surface area contributed by atoms with Gasteiger partial charge in [-0.3, -0.25) is 4.79 Å². The molecule has 0 aliphatic carbocycles. The number of carbonyl (C=O) groups excluding carboxylic acids is 1. The Morgan fingerprint density at radius 2 is 2.07 bits per heavy atom. The van der Waals surface area contributed by atoms with Crippen molar-refractivity contribution >= 4 is 17.5 Å². The molecule has 30 heavy (non-hydrogen) atoms. The largest absolute Gasteiger partial charge is 0.484 e.